The van der Waals surface area contributed by atoms with Crippen molar-refractivity contribution in [1.82, 2.24) is 10.3 Å². The second-order valence-electron chi connectivity index (χ2n) is 5.62. The Morgan fingerprint density at radius 1 is 1.32 bits per heavy atom. The van der Waals surface area contributed by atoms with Crippen molar-refractivity contribution >= 4 is 5.91 Å². The summed E-state index contributed by atoms with van der Waals surface area (Å²) in [5.74, 6) is -0.798. The van der Waals surface area contributed by atoms with E-state index >= 15 is 0 Å². The van der Waals surface area contributed by atoms with Crippen LogP contribution in [0.25, 0.3) is 11.1 Å². The van der Waals surface area contributed by atoms with Gasteiger partial charge < -0.3 is 10.1 Å². The highest BCUT2D eigenvalue weighted by Crippen LogP contribution is 2.35. The van der Waals surface area contributed by atoms with Gasteiger partial charge in [0.25, 0.3) is 5.91 Å². The predicted molar refractivity (Wildman–Crippen MR) is 81.4 cm³/mol. The van der Waals surface area contributed by atoms with Gasteiger partial charge in [-0.2, -0.15) is 13.2 Å². The van der Waals surface area contributed by atoms with Crippen LogP contribution in [-0.2, 0) is 11.2 Å². The molecule has 0 saturated heterocycles. The van der Waals surface area contributed by atoms with E-state index in [1.165, 1.54) is 18.3 Å². The summed E-state index contributed by atoms with van der Waals surface area (Å²) >= 11 is 0. The summed E-state index contributed by atoms with van der Waals surface area (Å²) in [4.78, 5) is 16.1. The second-order valence-corrected chi connectivity index (χ2v) is 5.62. The standard InChI is InChI=1S/C17H14F4N2O2/c18-11-3-1-2-10(8-11)12-4-6-23-16-13(12)9-14(25-16)15(24)22-7-5-17(19,20)21/h1-4,6,8,14H,5,7,9H2,(H,22,24). The number of hydrogen-bond donors (Lipinski definition) is 1. The summed E-state index contributed by atoms with van der Waals surface area (Å²) < 4.78 is 55.3. The van der Waals surface area contributed by atoms with Crippen molar-refractivity contribution < 1.29 is 27.1 Å². The van der Waals surface area contributed by atoms with Crippen LogP contribution in [0.1, 0.15) is 12.0 Å². The SMILES string of the molecule is O=C(NCCC(F)(F)F)C1Cc2c(-c3cccc(F)c3)ccnc2O1. The molecular formula is C17H14F4N2O2. The van der Waals surface area contributed by atoms with Crippen molar-refractivity contribution in [2.24, 2.45) is 0 Å². The Bertz CT molecular complexity index is 792. The van der Waals surface area contributed by atoms with Crippen LogP contribution >= 0.6 is 0 Å². The number of carbonyl (C=O) groups excluding carboxylic acids is 1. The Hall–Kier alpha value is -2.64. The molecule has 0 spiro atoms. The van der Waals surface area contributed by atoms with E-state index in [4.69, 9.17) is 4.74 Å². The first-order valence-corrected chi connectivity index (χ1v) is 7.58. The largest absolute Gasteiger partial charge is 0.464 e. The van der Waals surface area contributed by atoms with Crippen molar-refractivity contribution in [1.29, 1.82) is 0 Å². The summed E-state index contributed by atoms with van der Waals surface area (Å²) in [6.07, 6.45) is -4.76. The molecule has 0 aliphatic carbocycles. The molecule has 1 N–H and O–H groups in total. The highest BCUT2D eigenvalue weighted by molar-refractivity contribution is 5.83. The summed E-state index contributed by atoms with van der Waals surface area (Å²) in [5, 5.41) is 2.21. The molecule has 1 aliphatic rings. The van der Waals surface area contributed by atoms with E-state index in [1.807, 2.05) is 0 Å². The zero-order chi connectivity index (χ0) is 18.0. The number of alkyl halides is 3. The Morgan fingerprint density at radius 3 is 2.84 bits per heavy atom. The molecule has 1 amide bonds. The summed E-state index contributed by atoms with van der Waals surface area (Å²) in [5.41, 5.74) is 1.92. The Kier molecular flexibility index (Phi) is 4.61. The maximum absolute atomic E-state index is 13.4. The monoisotopic (exact) mass is 354 g/mol. The smallest absolute Gasteiger partial charge is 0.390 e. The van der Waals surface area contributed by atoms with Crippen molar-refractivity contribution in [3.8, 4) is 17.0 Å². The number of aromatic nitrogens is 1. The first-order valence-electron chi connectivity index (χ1n) is 7.58. The molecule has 0 bridgehead atoms. The fourth-order valence-corrected chi connectivity index (χ4v) is 2.65. The topological polar surface area (TPSA) is 51.2 Å². The molecule has 1 aromatic heterocycles. The number of ether oxygens (including phenoxy) is 1. The molecule has 1 unspecified atom stereocenters. The van der Waals surface area contributed by atoms with Crippen LogP contribution in [0, 0.1) is 5.82 Å². The van der Waals surface area contributed by atoms with Crippen LogP contribution in [0.2, 0.25) is 0 Å². The number of halogens is 4. The van der Waals surface area contributed by atoms with Gasteiger partial charge in [-0.15, -0.1) is 0 Å². The predicted octanol–water partition coefficient (Wildman–Crippen LogP) is 3.26. The lowest BCUT2D eigenvalue weighted by molar-refractivity contribution is -0.137. The molecule has 2 heterocycles. The Labute approximate surface area is 140 Å². The lowest BCUT2D eigenvalue weighted by Gasteiger charge is -2.11. The molecule has 0 saturated carbocycles. The van der Waals surface area contributed by atoms with Gasteiger partial charge in [0.1, 0.15) is 5.82 Å². The molecule has 3 rings (SSSR count). The average molecular weight is 354 g/mol. The van der Waals surface area contributed by atoms with E-state index in [1.54, 1.807) is 18.2 Å². The van der Waals surface area contributed by atoms with E-state index in [-0.39, 0.29) is 12.3 Å². The van der Waals surface area contributed by atoms with Gasteiger partial charge in [0.2, 0.25) is 5.88 Å². The maximum Gasteiger partial charge on any atom is 0.390 e. The van der Waals surface area contributed by atoms with Crippen molar-refractivity contribution in [2.45, 2.75) is 25.1 Å². The average Bonchev–Trinajstić information content (AvgIpc) is 2.97. The number of benzene rings is 1. The van der Waals surface area contributed by atoms with Crippen molar-refractivity contribution in [3.63, 3.8) is 0 Å². The number of pyridine rings is 1. The van der Waals surface area contributed by atoms with Gasteiger partial charge in [-0.05, 0) is 29.3 Å². The number of nitrogens with one attached hydrogen (secondary N) is 1. The van der Waals surface area contributed by atoms with Gasteiger partial charge in [-0.1, -0.05) is 12.1 Å². The third kappa shape index (κ3) is 4.07. The highest BCUT2D eigenvalue weighted by atomic mass is 19.4. The molecule has 8 heteroatoms. The lowest BCUT2D eigenvalue weighted by atomic mass is 9.98. The third-order valence-electron chi connectivity index (χ3n) is 3.80. The molecule has 0 fully saturated rings. The molecule has 25 heavy (non-hydrogen) atoms. The lowest BCUT2D eigenvalue weighted by Crippen LogP contribution is -2.39. The molecule has 2 aromatic rings. The van der Waals surface area contributed by atoms with Crippen molar-refractivity contribution in [3.05, 3.63) is 47.9 Å². The van der Waals surface area contributed by atoms with Gasteiger partial charge in [-0.25, -0.2) is 9.37 Å². The van der Waals surface area contributed by atoms with E-state index in [0.717, 1.165) is 0 Å². The van der Waals surface area contributed by atoms with Crippen LogP contribution in [0.15, 0.2) is 36.5 Å². The number of hydrogen-bond acceptors (Lipinski definition) is 3. The molecule has 1 aromatic carbocycles. The third-order valence-corrected chi connectivity index (χ3v) is 3.80. The van der Waals surface area contributed by atoms with E-state index < -0.39 is 37.0 Å². The number of amides is 1. The molecule has 1 aliphatic heterocycles. The number of fused-ring (bicyclic) bond motifs is 1. The van der Waals surface area contributed by atoms with Crippen LogP contribution < -0.4 is 10.1 Å². The van der Waals surface area contributed by atoms with E-state index in [0.29, 0.717) is 16.7 Å². The quantitative estimate of drug-likeness (QED) is 0.858. The Balaban J connectivity index is 1.73. The zero-order valence-corrected chi connectivity index (χ0v) is 12.9. The fourth-order valence-electron chi connectivity index (χ4n) is 2.65. The highest BCUT2D eigenvalue weighted by Gasteiger charge is 2.33. The molecule has 4 nitrogen and oxygen atoms in total. The van der Waals surface area contributed by atoms with Gasteiger partial charge in [0.05, 0.1) is 6.42 Å². The van der Waals surface area contributed by atoms with Gasteiger partial charge >= 0.3 is 6.18 Å². The first kappa shape index (κ1) is 17.2. The van der Waals surface area contributed by atoms with E-state index in [9.17, 15) is 22.4 Å². The normalized spacial score (nSPS) is 16.2. The van der Waals surface area contributed by atoms with Gasteiger partial charge in [0.15, 0.2) is 6.10 Å². The number of rotatable bonds is 4. The summed E-state index contributed by atoms with van der Waals surface area (Å²) in [7, 11) is 0. The number of carbonyl (C=O) groups is 1. The maximum atomic E-state index is 13.4. The van der Waals surface area contributed by atoms with Crippen LogP contribution in [-0.4, -0.2) is 29.7 Å². The second kappa shape index (κ2) is 6.70. The van der Waals surface area contributed by atoms with Crippen LogP contribution in [0.4, 0.5) is 17.6 Å². The van der Waals surface area contributed by atoms with Crippen LogP contribution in [0.3, 0.4) is 0 Å². The zero-order valence-electron chi connectivity index (χ0n) is 12.9. The van der Waals surface area contributed by atoms with Gasteiger partial charge in [0, 0.05) is 24.7 Å². The first-order chi connectivity index (χ1) is 11.8. The Morgan fingerprint density at radius 2 is 2.12 bits per heavy atom. The molecule has 0 radical (unpaired) electrons. The molecule has 1 atom stereocenters. The van der Waals surface area contributed by atoms with Gasteiger partial charge in [-0.3, -0.25) is 4.79 Å². The molecule has 132 valence electrons. The fraction of sp³-hybridized carbons (Fsp3) is 0.294. The minimum Gasteiger partial charge on any atom is -0.464 e. The number of nitrogens with zero attached hydrogens (tertiary/aromatic N) is 1. The van der Waals surface area contributed by atoms with Crippen molar-refractivity contribution in [2.75, 3.05) is 6.54 Å². The summed E-state index contributed by atoms with van der Waals surface area (Å²) in [6, 6.07) is 7.63. The minimum atomic E-state index is -4.33. The van der Waals surface area contributed by atoms with E-state index in [2.05, 4.69) is 10.3 Å². The molecular weight excluding hydrogens is 340 g/mol. The summed E-state index contributed by atoms with van der Waals surface area (Å²) in [6.45, 7) is -0.511. The van der Waals surface area contributed by atoms with Crippen LogP contribution in [0.5, 0.6) is 5.88 Å². The minimum absolute atomic E-state index is 0.160.